The fourth-order valence-corrected chi connectivity index (χ4v) is 3.22. The number of nitrogens with zero attached hydrogens (tertiary/aromatic N) is 2. The summed E-state index contributed by atoms with van der Waals surface area (Å²) in [6.45, 7) is 0. The van der Waals surface area contributed by atoms with Gasteiger partial charge >= 0.3 is 0 Å². The van der Waals surface area contributed by atoms with Crippen LogP contribution in [0, 0.1) is 23.1 Å². The molecule has 0 saturated heterocycles. The van der Waals surface area contributed by atoms with E-state index in [1.807, 2.05) is 0 Å². The lowest BCUT2D eigenvalue weighted by Gasteiger charge is -2.29. The number of benzene rings is 1. The molecule has 1 aliphatic rings. The molecule has 7 heteroatoms. The Labute approximate surface area is 150 Å². The molecule has 26 heavy (non-hydrogen) atoms. The number of nitrogens with one attached hydrogen (secondary N) is 2. The fraction of sp³-hybridized carbons (Fsp3) is 0.316. The molecule has 4 N–H and O–H groups in total. The Morgan fingerprint density at radius 2 is 2.00 bits per heavy atom. The highest BCUT2D eigenvalue weighted by Gasteiger charge is 2.26. The van der Waals surface area contributed by atoms with Crippen molar-refractivity contribution in [2.24, 2.45) is 16.6 Å². The second-order valence-electron chi connectivity index (χ2n) is 6.34. The highest BCUT2D eigenvalue weighted by atomic mass is 19.1. The minimum Gasteiger partial charge on any atom is -0.383 e. The quantitative estimate of drug-likeness (QED) is 0.580. The summed E-state index contributed by atoms with van der Waals surface area (Å²) in [6.07, 6.45) is 5.30. The average Bonchev–Trinajstić information content (AvgIpc) is 2.64. The highest BCUT2D eigenvalue weighted by molar-refractivity contribution is 6.03. The summed E-state index contributed by atoms with van der Waals surface area (Å²) in [4.78, 5) is 19.2. The Morgan fingerprint density at radius 3 is 2.73 bits per heavy atom. The van der Waals surface area contributed by atoms with Gasteiger partial charge in [0.1, 0.15) is 17.2 Å². The molecule has 6 nitrogen and oxygen atoms in total. The third-order valence-electron chi connectivity index (χ3n) is 4.57. The van der Waals surface area contributed by atoms with Crippen LogP contribution in [0.2, 0.25) is 0 Å². The van der Waals surface area contributed by atoms with Crippen molar-refractivity contribution < 1.29 is 4.39 Å². The van der Waals surface area contributed by atoms with E-state index >= 15 is 0 Å². The van der Waals surface area contributed by atoms with E-state index in [2.05, 4.69) is 21.4 Å². The molecule has 0 amide bonds. The van der Waals surface area contributed by atoms with Crippen LogP contribution in [0.1, 0.15) is 31.2 Å². The zero-order valence-corrected chi connectivity index (χ0v) is 14.2. The molecule has 1 aromatic heterocycles. The maximum atomic E-state index is 13.0. The van der Waals surface area contributed by atoms with Crippen molar-refractivity contribution >= 4 is 17.2 Å². The molecule has 1 aromatic carbocycles. The van der Waals surface area contributed by atoms with E-state index in [1.165, 1.54) is 30.5 Å². The monoisotopic (exact) mass is 353 g/mol. The smallest absolute Gasteiger partial charge is 0.261 e. The number of halogens is 1. The fourth-order valence-electron chi connectivity index (χ4n) is 3.22. The SMILES string of the molecule is N#CC1CCCCC1Nc1cc[nH]c(=O)c1C(N)=Nc1ccc(F)cc1. The van der Waals surface area contributed by atoms with E-state index < -0.39 is 0 Å². The van der Waals surface area contributed by atoms with Crippen molar-refractivity contribution in [3.63, 3.8) is 0 Å². The van der Waals surface area contributed by atoms with E-state index in [0.29, 0.717) is 11.4 Å². The predicted molar refractivity (Wildman–Crippen MR) is 98.8 cm³/mol. The van der Waals surface area contributed by atoms with Gasteiger partial charge in [0.15, 0.2) is 0 Å². The average molecular weight is 353 g/mol. The van der Waals surface area contributed by atoms with Crippen molar-refractivity contribution in [3.8, 4) is 6.07 Å². The van der Waals surface area contributed by atoms with E-state index in [-0.39, 0.29) is 34.7 Å². The number of anilines is 1. The summed E-state index contributed by atoms with van der Waals surface area (Å²) >= 11 is 0. The number of amidine groups is 1. The number of aromatic nitrogens is 1. The summed E-state index contributed by atoms with van der Waals surface area (Å²) in [5.74, 6) is -0.446. The summed E-state index contributed by atoms with van der Waals surface area (Å²) in [5.41, 5.74) is 6.91. The normalized spacial score (nSPS) is 20.4. The van der Waals surface area contributed by atoms with Gasteiger partial charge < -0.3 is 16.0 Å². The van der Waals surface area contributed by atoms with Crippen molar-refractivity contribution in [1.29, 1.82) is 5.26 Å². The first-order chi connectivity index (χ1) is 12.6. The zero-order valence-electron chi connectivity index (χ0n) is 14.2. The first-order valence-electron chi connectivity index (χ1n) is 8.56. The van der Waals surface area contributed by atoms with Crippen molar-refractivity contribution in [1.82, 2.24) is 4.98 Å². The number of H-pyrrole nitrogens is 1. The van der Waals surface area contributed by atoms with Gasteiger partial charge in [-0.3, -0.25) is 4.79 Å². The molecule has 3 rings (SSSR count). The second kappa shape index (κ2) is 7.83. The number of hydrogen-bond acceptors (Lipinski definition) is 4. The van der Waals surface area contributed by atoms with Crippen LogP contribution >= 0.6 is 0 Å². The van der Waals surface area contributed by atoms with Crippen molar-refractivity contribution in [2.75, 3.05) is 5.32 Å². The largest absolute Gasteiger partial charge is 0.383 e. The molecule has 0 radical (unpaired) electrons. The number of nitriles is 1. The molecular weight excluding hydrogens is 333 g/mol. The Bertz CT molecular complexity index is 897. The molecule has 1 saturated carbocycles. The number of rotatable bonds is 4. The summed E-state index contributed by atoms with van der Waals surface area (Å²) in [7, 11) is 0. The standard InChI is InChI=1S/C19H20FN5O/c20-13-5-7-14(8-6-13)24-18(22)17-16(9-10-23-19(17)26)25-15-4-2-1-3-12(15)11-21/h5-10,12,15H,1-4H2,(H2,22,24)(H2,23,25,26). The maximum absolute atomic E-state index is 13.0. The molecule has 1 fully saturated rings. The lowest BCUT2D eigenvalue weighted by atomic mass is 9.85. The molecule has 1 aliphatic carbocycles. The Hall–Kier alpha value is -3.14. The van der Waals surface area contributed by atoms with E-state index in [0.717, 1.165) is 25.7 Å². The van der Waals surface area contributed by atoms with Crippen LogP contribution in [0.4, 0.5) is 15.8 Å². The van der Waals surface area contributed by atoms with Gasteiger partial charge in [-0.25, -0.2) is 9.38 Å². The first-order valence-corrected chi connectivity index (χ1v) is 8.56. The zero-order chi connectivity index (χ0) is 18.5. The molecule has 2 unspecified atom stereocenters. The topological polar surface area (TPSA) is 107 Å². The summed E-state index contributed by atoms with van der Waals surface area (Å²) in [5, 5.41) is 12.7. The molecule has 0 aliphatic heterocycles. The van der Waals surface area contributed by atoms with Crippen LogP contribution in [0.25, 0.3) is 0 Å². The third kappa shape index (κ3) is 3.91. The molecule has 134 valence electrons. The van der Waals surface area contributed by atoms with Gasteiger partial charge in [0, 0.05) is 12.2 Å². The van der Waals surface area contributed by atoms with Crippen LogP contribution in [0.5, 0.6) is 0 Å². The number of aliphatic imine (C=N–C) groups is 1. The van der Waals surface area contributed by atoms with E-state index in [1.54, 1.807) is 6.07 Å². The number of nitrogens with two attached hydrogens (primary N) is 1. The molecule has 2 atom stereocenters. The Kier molecular flexibility index (Phi) is 5.32. The van der Waals surface area contributed by atoms with Crippen LogP contribution < -0.4 is 16.6 Å². The minimum atomic E-state index is -0.373. The van der Waals surface area contributed by atoms with Gasteiger partial charge in [-0.15, -0.1) is 0 Å². The number of pyridine rings is 1. The highest BCUT2D eigenvalue weighted by Crippen LogP contribution is 2.27. The van der Waals surface area contributed by atoms with Crippen LogP contribution in [-0.2, 0) is 0 Å². The molecular formula is C19H20FN5O. The van der Waals surface area contributed by atoms with Crippen LogP contribution in [0.15, 0.2) is 46.3 Å². The van der Waals surface area contributed by atoms with Crippen LogP contribution in [0.3, 0.4) is 0 Å². The van der Waals surface area contributed by atoms with Gasteiger partial charge in [0.25, 0.3) is 5.56 Å². The van der Waals surface area contributed by atoms with Crippen molar-refractivity contribution in [2.45, 2.75) is 31.7 Å². The third-order valence-corrected chi connectivity index (χ3v) is 4.57. The van der Waals surface area contributed by atoms with E-state index in [9.17, 15) is 14.4 Å². The lowest BCUT2D eigenvalue weighted by Crippen LogP contribution is -2.34. The van der Waals surface area contributed by atoms with Gasteiger partial charge in [0.05, 0.1) is 23.4 Å². The molecule has 2 aromatic rings. The lowest BCUT2D eigenvalue weighted by molar-refractivity contribution is 0.388. The van der Waals surface area contributed by atoms with Gasteiger partial charge in [-0.05, 0) is 43.2 Å². The Balaban J connectivity index is 1.93. The summed E-state index contributed by atoms with van der Waals surface area (Å²) < 4.78 is 13.0. The number of aromatic amines is 1. The summed E-state index contributed by atoms with van der Waals surface area (Å²) in [6, 6.07) is 9.54. The van der Waals surface area contributed by atoms with Gasteiger partial charge in [-0.1, -0.05) is 12.8 Å². The maximum Gasteiger partial charge on any atom is 0.261 e. The molecule has 0 spiro atoms. The van der Waals surface area contributed by atoms with Gasteiger partial charge in [-0.2, -0.15) is 5.26 Å². The predicted octanol–water partition coefficient (Wildman–Crippen LogP) is 3.05. The Morgan fingerprint density at radius 1 is 1.27 bits per heavy atom. The van der Waals surface area contributed by atoms with E-state index in [4.69, 9.17) is 5.73 Å². The number of hydrogen-bond donors (Lipinski definition) is 3. The van der Waals surface area contributed by atoms with Crippen molar-refractivity contribution in [3.05, 3.63) is 58.3 Å². The first kappa shape index (κ1) is 17.7. The molecule has 1 heterocycles. The van der Waals surface area contributed by atoms with Crippen LogP contribution in [-0.4, -0.2) is 16.9 Å². The minimum absolute atomic E-state index is 0.0327. The second-order valence-corrected chi connectivity index (χ2v) is 6.34. The van der Waals surface area contributed by atoms with Gasteiger partial charge in [0.2, 0.25) is 0 Å². The molecule has 0 bridgehead atoms.